The summed E-state index contributed by atoms with van der Waals surface area (Å²) in [6.45, 7) is 5.09. The summed E-state index contributed by atoms with van der Waals surface area (Å²) in [7, 11) is 0. The number of carbonyl (C=O) groups is 1. The fourth-order valence-corrected chi connectivity index (χ4v) is 5.52. The van der Waals surface area contributed by atoms with E-state index in [1.807, 2.05) is 0 Å². The number of aliphatic hydroxyl groups is 1. The highest BCUT2D eigenvalue weighted by atomic mass is 16.6. The van der Waals surface area contributed by atoms with E-state index in [0.717, 1.165) is 64.2 Å². The summed E-state index contributed by atoms with van der Waals surface area (Å²) < 4.78 is 11.1. The largest absolute Gasteiger partial charge is 0.457 e. The summed E-state index contributed by atoms with van der Waals surface area (Å²) >= 11 is 0. The molecular formula is C45H78O4. The number of esters is 1. The Hall–Kier alpha value is -2.17. The van der Waals surface area contributed by atoms with E-state index in [1.165, 1.54) is 96.3 Å². The van der Waals surface area contributed by atoms with E-state index < -0.39 is 6.10 Å². The zero-order valence-corrected chi connectivity index (χ0v) is 32.2. The number of aliphatic hydroxyl groups excluding tert-OH is 1. The Morgan fingerprint density at radius 2 is 0.898 bits per heavy atom. The average Bonchev–Trinajstić information content (AvgIpc) is 3.11. The van der Waals surface area contributed by atoms with Crippen LogP contribution in [0.4, 0.5) is 0 Å². The van der Waals surface area contributed by atoms with E-state index in [9.17, 15) is 9.90 Å². The van der Waals surface area contributed by atoms with Gasteiger partial charge in [-0.05, 0) is 57.8 Å². The molecular weight excluding hydrogens is 604 g/mol. The van der Waals surface area contributed by atoms with E-state index >= 15 is 0 Å². The molecule has 0 radical (unpaired) electrons. The van der Waals surface area contributed by atoms with E-state index in [1.54, 1.807) is 0 Å². The van der Waals surface area contributed by atoms with Crippen LogP contribution in [0.5, 0.6) is 0 Å². The third-order valence-corrected chi connectivity index (χ3v) is 8.55. The Morgan fingerprint density at radius 3 is 1.31 bits per heavy atom. The maximum atomic E-state index is 12.2. The molecule has 0 bridgehead atoms. The van der Waals surface area contributed by atoms with Crippen LogP contribution in [-0.2, 0) is 14.3 Å². The third-order valence-electron chi connectivity index (χ3n) is 8.55. The van der Waals surface area contributed by atoms with E-state index in [2.05, 4.69) is 86.8 Å². The highest BCUT2D eigenvalue weighted by Gasteiger charge is 2.13. The molecule has 0 aliphatic heterocycles. The molecule has 0 aromatic rings. The Bertz CT molecular complexity index is 850. The number of hydrogen-bond acceptors (Lipinski definition) is 4. The van der Waals surface area contributed by atoms with Crippen molar-refractivity contribution >= 4 is 5.97 Å². The smallest absolute Gasteiger partial charge is 0.306 e. The summed E-state index contributed by atoms with van der Waals surface area (Å²) in [5.41, 5.74) is 0. The lowest BCUT2D eigenvalue weighted by molar-refractivity contribution is -0.154. The summed E-state index contributed by atoms with van der Waals surface area (Å²) in [5, 5.41) is 9.58. The maximum absolute atomic E-state index is 12.2. The molecule has 0 saturated heterocycles. The first kappa shape index (κ1) is 46.8. The lowest BCUT2D eigenvalue weighted by Gasteiger charge is -2.15. The molecule has 0 aliphatic rings. The Labute approximate surface area is 304 Å². The van der Waals surface area contributed by atoms with Crippen molar-refractivity contribution in [1.82, 2.24) is 0 Å². The number of hydrogen-bond donors (Lipinski definition) is 1. The normalized spacial score (nSPS) is 13.1. The molecule has 4 heteroatoms. The van der Waals surface area contributed by atoms with Crippen LogP contribution in [0.3, 0.4) is 0 Å². The number of carbonyl (C=O) groups excluding carboxylic acids is 1. The molecule has 0 heterocycles. The lowest BCUT2D eigenvalue weighted by atomic mass is 10.0. The van der Waals surface area contributed by atoms with Crippen LogP contribution in [-0.4, -0.2) is 37.0 Å². The van der Waals surface area contributed by atoms with Crippen LogP contribution < -0.4 is 0 Å². The molecule has 0 amide bonds. The standard InChI is InChI=1S/C45H78O4/c1-3-5-7-9-11-13-15-17-19-21-22-23-25-27-29-31-33-35-37-39-41-48-43-44(42-46)49-45(47)40-38-36-34-32-30-28-26-24-20-18-16-14-12-10-8-6-4-2/h5,7,11,13,17,19,22-23,27,29,33,35,44,46H,3-4,6,8-10,12,14-16,18,20-21,24-26,28,30-32,34,36-43H2,1-2H3/b7-5-,13-11-,19-17-,23-22-,29-27-,35-33-. The van der Waals surface area contributed by atoms with E-state index in [4.69, 9.17) is 9.47 Å². The van der Waals surface area contributed by atoms with Crippen LogP contribution in [0.2, 0.25) is 0 Å². The Morgan fingerprint density at radius 1 is 0.510 bits per heavy atom. The van der Waals surface area contributed by atoms with Gasteiger partial charge in [-0.1, -0.05) is 189 Å². The van der Waals surface area contributed by atoms with Gasteiger partial charge in [0.2, 0.25) is 0 Å². The van der Waals surface area contributed by atoms with Gasteiger partial charge in [-0.3, -0.25) is 4.79 Å². The van der Waals surface area contributed by atoms with Crippen LogP contribution in [0.25, 0.3) is 0 Å². The van der Waals surface area contributed by atoms with Gasteiger partial charge in [0.25, 0.3) is 0 Å². The minimum atomic E-state index is -0.566. The number of ether oxygens (including phenoxy) is 2. The van der Waals surface area contributed by atoms with Crippen molar-refractivity contribution in [3.05, 3.63) is 72.9 Å². The first-order valence-corrected chi connectivity index (χ1v) is 20.5. The van der Waals surface area contributed by atoms with E-state index in [0.29, 0.717) is 13.0 Å². The topological polar surface area (TPSA) is 55.8 Å². The van der Waals surface area contributed by atoms with Crippen LogP contribution in [0, 0.1) is 0 Å². The fraction of sp³-hybridized carbons (Fsp3) is 0.711. The van der Waals surface area contributed by atoms with Gasteiger partial charge in [0.1, 0.15) is 6.10 Å². The van der Waals surface area contributed by atoms with Gasteiger partial charge in [0.15, 0.2) is 0 Å². The molecule has 0 fully saturated rings. The second-order valence-corrected chi connectivity index (χ2v) is 13.3. The average molecular weight is 683 g/mol. The van der Waals surface area contributed by atoms with Crippen molar-refractivity contribution in [3.8, 4) is 0 Å². The molecule has 4 nitrogen and oxygen atoms in total. The predicted molar refractivity (Wildman–Crippen MR) is 214 cm³/mol. The molecule has 1 N–H and O–H groups in total. The molecule has 0 aromatic carbocycles. The zero-order chi connectivity index (χ0) is 35.6. The molecule has 1 unspecified atom stereocenters. The minimum Gasteiger partial charge on any atom is -0.457 e. The van der Waals surface area contributed by atoms with Gasteiger partial charge in [-0.15, -0.1) is 0 Å². The van der Waals surface area contributed by atoms with E-state index in [-0.39, 0.29) is 19.2 Å². The van der Waals surface area contributed by atoms with Gasteiger partial charge in [-0.25, -0.2) is 0 Å². The zero-order valence-electron chi connectivity index (χ0n) is 32.2. The highest BCUT2D eigenvalue weighted by molar-refractivity contribution is 5.69. The van der Waals surface area contributed by atoms with Crippen LogP contribution >= 0.6 is 0 Å². The lowest BCUT2D eigenvalue weighted by Crippen LogP contribution is -2.27. The van der Waals surface area contributed by atoms with Gasteiger partial charge in [0, 0.05) is 13.0 Å². The first-order valence-electron chi connectivity index (χ1n) is 20.5. The molecule has 49 heavy (non-hydrogen) atoms. The van der Waals surface area contributed by atoms with Crippen molar-refractivity contribution < 1.29 is 19.4 Å². The van der Waals surface area contributed by atoms with Gasteiger partial charge in [-0.2, -0.15) is 0 Å². The fourth-order valence-electron chi connectivity index (χ4n) is 5.52. The van der Waals surface area contributed by atoms with Crippen molar-refractivity contribution in [2.75, 3.05) is 19.8 Å². The van der Waals surface area contributed by atoms with Crippen molar-refractivity contribution in [3.63, 3.8) is 0 Å². The second-order valence-electron chi connectivity index (χ2n) is 13.3. The van der Waals surface area contributed by atoms with Gasteiger partial charge < -0.3 is 14.6 Å². The van der Waals surface area contributed by atoms with Gasteiger partial charge in [0.05, 0.1) is 13.2 Å². The Kier molecular flexibility index (Phi) is 40.1. The number of rotatable bonds is 37. The van der Waals surface area contributed by atoms with Crippen LogP contribution in [0.15, 0.2) is 72.9 Å². The molecule has 0 spiro atoms. The van der Waals surface area contributed by atoms with Crippen molar-refractivity contribution in [2.24, 2.45) is 0 Å². The summed E-state index contributed by atoms with van der Waals surface area (Å²) in [5.74, 6) is -0.221. The quantitative estimate of drug-likeness (QED) is 0.0402. The molecule has 0 aliphatic carbocycles. The maximum Gasteiger partial charge on any atom is 0.306 e. The van der Waals surface area contributed by atoms with Crippen LogP contribution in [0.1, 0.15) is 181 Å². The monoisotopic (exact) mass is 683 g/mol. The summed E-state index contributed by atoms with van der Waals surface area (Å²) in [4.78, 5) is 12.2. The Balaban J connectivity index is 3.56. The summed E-state index contributed by atoms with van der Waals surface area (Å²) in [6.07, 6.45) is 56.8. The predicted octanol–water partition coefficient (Wildman–Crippen LogP) is 13.4. The molecule has 0 aromatic heterocycles. The van der Waals surface area contributed by atoms with Gasteiger partial charge >= 0.3 is 5.97 Å². The highest BCUT2D eigenvalue weighted by Crippen LogP contribution is 2.14. The molecule has 1 atom stereocenters. The summed E-state index contributed by atoms with van der Waals surface area (Å²) in [6, 6.07) is 0. The molecule has 282 valence electrons. The molecule has 0 saturated carbocycles. The van der Waals surface area contributed by atoms with Crippen molar-refractivity contribution in [1.29, 1.82) is 0 Å². The van der Waals surface area contributed by atoms with Crippen molar-refractivity contribution in [2.45, 2.75) is 187 Å². The molecule has 0 rings (SSSR count). The second kappa shape index (κ2) is 42.0. The number of allylic oxidation sites excluding steroid dienone is 12. The SMILES string of the molecule is CC/C=C\C/C=C\C/C=C\C/C=C\C/C=C\C/C=C\CCCOCC(CO)OC(=O)CCCCCCCCCCCCCCCCCCC. The number of unbranched alkanes of at least 4 members (excludes halogenated alkanes) is 17. The third kappa shape index (κ3) is 40.1. The minimum absolute atomic E-state index is 0.196. The first-order chi connectivity index (χ1) is 24.2.